The van der Waals surface area contributed by atoms with Gasteiger partial charge in [-0.05, 0) is 12.1 Å². The molecule has 0 aliphatic rings. The molecule has 3 rings (SSSR count). The van der Waals surface area contributed by atoms with Gasteiger partial charge in [-0.3, -0.25) is 4.79 Å². The molecule has 0 bridgehead atoms. The minimum atomic E-state index is 0.550. The van der Waals surface area contributed by atoms with Gasteiger partial charge in [-0.2, -0.15) is 0 Å². The normalized spacial score (nSPS) is 10.4. The quantitative estimate of drug-likeness (QED) is 0.641. The number of aldehydes is 1. The van der Waals surface area contributed by atoms with Gasteiger partial charge in [0.05, 0.1) is 5.69 Å². The second-order valence-electron chi connectivity index (χ2n) is 4.25. The molecule has 20 heavy (non-hydrogen) atoms. The van der Waals surface area contributed by atoms with Gasteiger partial charge in [0, 0.05) is 27.1 Å². The minimum absolute atomic E-state index is 0.550. The smallest absolute Gasteiger partial charge is 0.150 e. The lowest BCUT2D eigenvalue weighted by Crippen LogP contribution is -1.88. The highest BCUT2D eigenvalue weighted by Crippen LogP contribution is 2.31. The average Bonchev–Trinajstić information content (AvgIpc) is 2.97. The van der Waals surface area contributed by atoms with E-state index in [1.807, 2.05) is 41.8 Å². The van der Waals surface area contributed by atoms with E-state index in [2.05, 4.69) is 4.98 Å². The first-order valence-electron chi connectivity index (χ1n) is 6.04. The van der Waals surface area contributed by atoms with Crippen molar-refractivity contribution in [1.29, 1.82) is 0 Å². The van der Waals surface area contributed by atoms with Crippen LogP contribution in [0.1, 0.15) is 10.4 Å². The molecule has 3 aromatic rings. The molecule has 0 amide bonds. The second-order valence-corrected chi connectivity index (χ2v) is 5.55. The average molecular weight is 300 g/mol. The summed E-state index contributed by atoms with van der Waals surface area (Å²) >= 11 is 7.47. The molecule has 1 heterocycles. The summed E-state index contributed by atoms with van der Waals surface area (Å²) in [5.41, 5.74) is 3.24. The van der Waals surface area contributed by atoms with Crippen molar-refractivity contribution in [2.24, 2.45) is 0 Å². The summed E-state index contributed by atoms with van der Waals surface area (Å²) < 4.78 is 0. The van der Waals surface area contributed by atoms with Gasteiger partial charge in [0.1, 0.15) is 5.01 Å². The van der Waals surface area contributed by atoms with Crippen LogP contribution in [-0.2, 0) is 0 Å². The largest absolute Gasteiger partial charge is 0.298 e. The summed E-state index contributed by atoms with van der Waals surface area (Å²) in [5.74, 6) is 0. The number of halogens is 1. The number of aromatic nitrogens is 1. The molecule has 0 atom stereocenters. The van der Waals surface area contributed by atoms with Gasteiger partial charge in [-0.25, -0.2) is 4.98 Å². The van der Waals surface area contributed by atoms with Crippen molar-refractivity contribution in [3.63, 3.8) is 0 Å². The Morgan fingerprint density at radius 3 is 2.65 bits per heavy atom. The van der Waals surface area contributed by atoms with E-state index in [1.165, 1.54) is 0 Å². The summed E-state index contributed by atoms with van der Waals surface area (Å²) in [6, 6.07) is 15.2. The van der Waals surface area contributed by atoms with Crippen LogP contribution in [-0.4, -0.2) is 11.3 Å². The zero-order chi connectivity index (χ0) is 13.9. The van der Waals surface area contributed by atoms with Crippen LogP contribution in [0, 0.1) is 0 Å². The highest BCUT2D eigenvalue weighted by atomic mass is 35.5. The van der Waals surface area contributed by atoms with Gasteiger partial charge in [0.2, 0.25) is 0 Å². The number of carbonyl (C=O) groups excluding carboxylic acids is 1. The Hall–Kier alpha value is -1.97. The number of benzene rings is 2. The van der Waals surface area contributed by atoms with Crippen LogP contribution >= 0.6 is 22.9 Å². The van der Waals surface area contributed by atoms with Crippen molar-refractivity contribution in [3.8, 4) is 21.8 Å². The van der Waals surface area contributed by atoms with Crippen molar-refractivity contribution in [3.05, 3.63) is 64.5 Å². The third-order valence-corrected chi connectivity index (χ3v) is 4.07. The van der Waals surface area contributed by atoms with E-state index in [0.29, 0.717) is 10.6 Å². The third kappa shape index (κ3) is 2.50. The molecule has 0 radical (unpaired) electrons. The number of hydrogen-bond donors (Lipinski definition) is 0. The molecule has 0 unspecified atom stereocenters. The first kappa shape index (κ1) is 13.0. The fraction of sp³-hybridized carbons (Fsp3) is 0. The summed E-state index contributed by atoms with van der Waals surface area (Å²) in [6.07, 6.45) is 0.808. The Kier molecular flexibility index (Phi) is 3.63. The van der Waals surface area contributed by atoms with E-state index in [1.54, 1.807) is 23.5 Å². The zero-order valence-corrected chi connectivity index (χ0v) is 12.0. The molecule has 0 saturated carbocycles. The van der Waals surface area contributed by atoms with Crippen molar-refractivity contribution in [2.75, 3.05) is 0 Å². The van der Waals surface area contributed by atoms with Gasteiger partial charge >= 0.3 is 0 Å². The predicted octanol–water partition coefficient (Wildman–Crippen LogP) is 4.94. The van der Waals surface area contributed by atoms with E-state index in [4.69, 9.17) is 11.6 Å². The van der Waals surface area contributed by atoms with E-state index < -0.39 is 0 Å². The summed E-state index contributed by atoms with van der Waals surface area (Å²) in [5, 5.41) is 3.44. The molecular weight excluding hydrogens is 290 g/mol. The van der Waals surface area contributed by atoms with Gasteiger partial charge in [-0.15, -0.1) is 11.3 Å². The van der Waals surface area contributed by atoms with Gasteiger partial charge in [0.25, 0.3) is 0 Å². The Balaban J connectivity index is 2.05. The van der Waals surface area contributed by atoms with Crippen LogP contribution in [0.2, 0.25) is 5.02 Å². The summed E-state index contributed by atoms with van der Waals surface area (Å²) in [7, 11) is 0. The molecule has 4 heteroatoms. The molecule has 98 valence electrons. The maximum atomic E-state index is 11.1. The van der Waals surface area contributed by atoms with E-state index in [-0.39, 0.29) is 0 Å². The van der Waals surface area contributed by atoms with Crippen LogP contribution in [0.5, 0.6) is 0 Å². The zero-order valence-electron chi connectivity index (χ0n) is 10.4. The number of thiazole rings is 1. The lowest BCUT2D eigenvalue weighted by atomic mass is 10.1. The van der Waals surface area contributed by atoms with Crippen LogP contribution in [0.4, 0.5) is 0 Å². The third-order valence-electron chi connectivity index (χ3n) is 2.94. The molecule has 0 saturated heterocycles. The highest BCUT2D eigenvalue weighted by molar-refractivity contribution is 7.13. The molecule has 1 aromatic heterocycles. The number of nitrogens with zero attached hydrogens (tertiary/aromatic N) is 1. The SMILES string of the molecule is O=Cc1cc(Cl)ccc1-c1csc(-c2ccccc2)n1. The highest BCUT2D eigenvalue weighted by Gasteiger charge is 2.10. The van der Waals surface area contributed by atoms with Gasteiger partial charge in [0.15, 0.2) is 6.29 Å². The van der Waals surface area contributed by atoms with Crippen LogP contribution < -0.4 is 0 Å². The molecule has 0 spiro atoms. The van der Waals surface area contributed by atoms with Crippen molar-refractivity contribution in [1.82, 2.24) is 4.98 Å². The topological polar surface area (TPSA) is 30.0 Å². The molecule has 2 nitrogen and oxygen atoms in total. The van der Waals surface area contributed by atoms with Crippen molar-refractivity contribution >= 4 is 29.2 Å². The first-order valence-corrected chi connectivity index (χ1v) is 7.30. The fourth-order valence-corrected chi connectivity index (χ4v) is 2.98. The molecule has 0 aliphatic heterocycles. The van der Waals surface area contributed by atoms with Gasteiger partial charge < -0.3 is 0 Å². The fourth-order valence-electron chi connectivity index (χ4n) is 1.98. The monoisotopic (exact) mass is 299 g/mol. The molecule has 0 fully saturated rings. The van der Waals surface area contributed by atoms with Crippen molar-refractivity contribution < 1.29 is 4.79 Å². The lowest BCUT2D eigenvalue weighted by Gasteiger charge is -2.01. The lowest BCUT2D eigenvalue weighted by molar-refractivity contribution is 0.112. The van der Waals surface area contributed by atoms with Crippen molar-refractivity contribution in [2.45, 2.75) is 0 Å². The molecule has 0 N–H and O–H groups in total. The molecule has 2 aromatic carbocycles. The Morgan fingerprint density at radius 1 is 1.10 bits per heavy atom. The molecule has 0 aliphatic carbocycles. The van der Waals surface area contributed by atoms with E-state index in [9.17, 15) is 4.79 Å². The standard InChI is InChI=1S/C16H10ClNOS/c17-13-6-7-14(12(8-13)9-19)15-10-20-16(18-15)11-4-2-1-3-5-11/h1-10H. The Bertz CT molecular complexity index is 752. The van der Waals surface area contributed by atoms with Gasteiger partial charge in [-0.1, -0.05) is 48.0 Å². The minimum Gasteiger partial charge on any atom is -0.298 e. The molecular formula is C16H10ClNOS. The predicted molar refractivity (Wildman–Crippen MR) is 83.4 cm³/mol. The maximum absolute atomic E-state index is 11.1. The number of rotatable bonds is 3. The Morgan fingerprint density at radius 2 is 1.90 bits per heavy atom. The summed E-state index contributed by atoms with van der Waals surface area (Å²) in [4.78, 5) is 15.8. The van der Waals surface area contributed by atoms with Crippen LogP contribution in [0.15, 0.2) is 53.9 Å². The summed E-state index contributed by atoms with van der Waals surface area (Å²) in [6.45, 7) is 0. The van der Waals surface area contributed by atoms with Crippen LogP contribution in [0.3, 0.4) is 0 Å². The number of carbonyl (C=O) groups is 1. The number of hydrogen-bond acceptors (Lipinski definition) is 3. The second kappa shape index (κ2) is 5.57. The maximum Gasteiger partial charge on any atom is 0.150 e. The van der Waals surface area contributed by atoms with E-state index in [0.717, 1.165) is 28.1 Å². The Labute approximate surface area is 125 Å². The van der Waals surface area contributed by atoms with Crippen LogP contribution in [0.25, 0.3) is 21.8 Å². The first-order chi connectivity index (χ1) is 9.78. The van der Waals surface area contributed by atoms with E-state index >= 15 is 0 Å².